The molecule has 0 saturated heterocycles. The first-order chi connectivity index (χ1) is 10.6. The van der Waals surface area contributed by atoms with Crippen molar-refractivity contribution in [1.29, 1.82) is 0 Å². The lowest BCUT2D eigenvalue weighted by Gasteiger charge is -2.22. The highest BCUT2D eigenvalue weighted by atomic mass is 16.1. The second-order valence-corrected chi connectivity index (χ2v) is 5.62. The Morgan fingerprint density at radius 3 is 2.73 bits per heavy atom. The molecule has 0 radical (unpaired) electrons. The number of nitrogens with zero attached hydrogens (tertiary/aromatic N) is 4. The third-order valence-corrected chi connectivity index (χ3v) is 3.67. The van der Waals surface area contributed by atoms with E-state index in [0.717, 1.165) is 11.3 Å². The van der Waals surface area contributed by atoms with Crippen LogP contribution < -0.4 is 5.32 Å². The number of imidazole rings is 1. The molecule has 2 heterocycles. The largest absolute Gasteiger partial charge is 0.342 e. The molecule has 2 aromatic heterocycles. The molecule has 0 aliphatic rings. The first kappa shape index (κ1) is 14.2. The van der Waals surface area contributed by atoms with Crippen LogP contribution in [0.15, 0.2) is 30.6 Å². The molecule has 0 aliphatic heterocycles. The van der Waals surface area contributed by atoms with Gasteiger partial charge in [0.15, 0.2) is 0 Å². The van der Waals surface area contributed by atoms with Crippen molar-refractivity contribution in [3.8, 4) is 0 Å². The smallest absolute Gasteiger partial charge is 0.251 e. The molecule has 7 heteroatoms. The second kappa shape index (κ2) is 5.59. The van der Waals surface area contributed by atoms with E-state index in [0.29, 0.717) is 11.1 Å². The van der Waals surface area contributed by atoms with E-state index in [-0.39, 0.29) is 17.9 Å². The summed E-state index contributed by atoms with van der Waals surface area (Å²) < 4.78 is 1.92. The van der Waals surface area contributed by atoms with Crippen LogP contribution >= 0.6 is 0 Å². The van der Waals surface area contributed by atoms with Gasteiger partial charge in [-0.3, -0.25) is 4.79 Å². The van der Waals surface area contributed by atoms with Gasteiger partial charge < -0.3 is 9.88 Å². The zero-order valence-corrected chi connectivity index (χ0v) is 12.7. The molecule has 0 fully saturated rings. The fraction of sp³-hybridized carbons (Fsp3) is 0.333. The van der Waals surface area contributed by atoms with Gasteiger partial charge in [-0.2, -0.15) is 15.4 Å². The first-order valence-corrected chi connectivity index (χ1v) is 7.15. The number of amides is 1. The van der Waals surface area contributed by atoms with E-state index in [4.69, 9.17) is 0 Å². The van der Waals surface area contributed by atoms with E-state index in [1.165, 1.54) is 0 Å². The summed E-state index contributed by atoms with van der Waals surface area (Å²) in [5.74, 6) is 0.915. The minimum atomic E-state index is -0.152. The molecule has 1 atom stereocenters. The average Bonchev–Trinajstić information content (AvgIpc) is 3.12. The van der Waals surface area contributed by atoms with Crippen molar-refractivity contribution in [2.24, 2.45) is 13.0 Å². The number of carbonyl (C=O) groups excluding carboxylic acids is 1. The summed E-state index contributed by atoms with van der Waals surface area (Å²) in [6, 6.07) is 5.10. The Morgan fingerprint density at radius 2 is 2.05 bits per heavy atom. The molecule has 1 amide bonds. The molecule has 114 valence electrons. The lowest BCUT2D eigenvalue weighted by Crippen LogP contribution is -2.33. The number of hydrogen-bond donors (Lipinski definition) is 2. The number of aromatic amines is 1. The molecule has 0 bridgehead atoms. The highest BCUT2D eigenvalue weighted by Crippen LogP contribution is 2.20. The number of hydrogen-bond acceptors (Lipinski definition) is 4. The van der Waals surface area contributed by atoms with Crippen LogP contribution in [0.3, 0.4) is 0 Å². The van der Waals surface area contributed by atoms with Crippen molar-refractivity contribution in [2.45, 2.75) is 19.9 Å². The number of aromatic nitrogens is 5. The Hall–Kier alpha value is -2.70. The normalized spacial score (nSPS) is 12.7. The van der Waals surface area contributed by atoms with E-state index in [2.05, 4.69) is 39.6 Å². The van der Waals surface area contributed by atoms with Gasteiger partial charge in [-0.15, -0.1) is 0 Å². The molecule has 0 aliphatic carbocycles. The van der Waals surface area contributed by atoms with Crippen LogP contribution in [-0.4, -0.2) is 30.9 Å². The van der Waals surface area contributed by atoms with Crippen molar-refractivity contribution < 1.29 is 4.79 Å². The Balaban J connectivity index is 1.86. The van der Waals surface area contributed by atoms with Gasteiger partial charge in [0.1, 0.15) is 16.9 Å². The number of rotatable bonds is 4. The zero-order valence-electron chi connectivity index (χ0n) is 12.7. The van der Waals surface area contributed by atoms with Crippen molar-refractivity contribution in [2.75, 3.05) is 0 Å². The minimum absolute atomic E-state index is 0.147. The lowest BCUT2D eigenvalue weighted by molar-refractivity contribution is 0.0922. The van der Waals surface area contributed by atoms with E-state index >= 15 is 0 Å². The summed E-state index contributed by atoms with van der Waals surface area (Å²) in [6.07, 6.45) is 3.61. The summed E-state index contributed by atoms with van der Waals surface area (Å²) in [4.78, 5) is 16.9. The average molecular weight is 298 g/mol. The molecule has 1 unspecified atom stereocenters. The van der Waals surface area contributed by atoms with Crippen LogP contribution in [0.25, 0.3) is 11.0 Å². The summed E-state index contributed by atoms with van der Waals surface area (Å²) in [6.45, 7) is 4.11. The predicted molar refractivity (Wildman–Crippen MR) is 82.1 cm³/mol. The van der Waals surface area contributed by atoms with Gasteiger partial charge >= 0.3 is 0 Å². The van der Waals surface area contributed by atoms with Crippen LogP contribution in [0.5, 0.6) is 0 Å². The van der Waals surface area contributed by atoms with Gasteiger partial charge in [0.05, 0.1) is 6.04 Å². The van der Waals surface area contributed by atoms with E-state index in [9.17, 15) is 4.79 Å². The Kier molecular flexibility index (Phi) is 3.62. The number of H-pyrrole nitrogens is 1. The van der Waals surface area contributed by atoms with Crippen LogP contribution in [0, 0.1) is 5.92 Å². The molecule has 3 aromatic rings. The van der Waals surface area contributed by atoms with E-state index in [1.54, 1.807) is 24.4 Å². The fourth-order valence-electron chi connectivity index (χ4n) is 2.41. The molecule has 0 saturated carbocycles. The lowest BCUT2D eigenvalue weighted by atomic mass is 10.0. The van der Waals surface area contributed by atoms with Crippen LogP contribution in [0.2, 0.25) is 0 Å². The zero-order chi connectivity index (χ0) is 15.7. The topological polar surface area (TPSA) is 88.5 Å². The molecule has 22 heavy (non-hydrogen) atoms. The molecule has 2 N–H and O–H groups in total. The highest BCUT2D eigenvalue weighted by Gasteiger charge is 2.22. The fourth-order valence-corrected chi connectivity index (χ4v) is 2.41. The van der Waals surface area contributed by atoms with Gasteiger partial charge in [-0.1, -0.05) is 13.8 Å². The number of carbonyl (C=O) groups is 1. The second-order valence-electron chi connectivity index (χ2n) is 5.62. The molecular weight excluding hydrogens is 280 g/mol. The maximum absolute atomic E-state index is 12.5. The third kappa shape index (κ3) is 2.57. The standard InChI is InChI=1S/C15H18N6O/c1-9(2)13(14-16-6-7-21(14)3)17-15(22)10-4-5-11-12(8-10)19-20-18-11/h4-9,13H,1-3H3,(H,17,22)(H,18,19,20). The summed E-state index contributed by atoms with van der Waals surface area (Å²) in [5.41, 5.74) is 1.97. The summed E-state index contributed by atoms with van der Waals surface area (Å²) in [5, 5.41) is 13.6. The van der Waals surface area contributed by atoms with Gasteiger partial charge in [0, 0.05) is 25.0 Å². The molecule has 7 nitrogen and oxygen atoms in total. The quantitative estimate of drug-likeness (QED) is 0.769. The van der Waals surface area contributed by atoms with Crippen LogP contribution in [0.1, 0.15) is 36.1 Å². The van der Waals surface area contributed by atoms with E-state index in [1.807, 2.05) is 17.8 Å². The van der Waals surface area contributed by atoms with Gasteiger partial charge in [0.2, 0.25) is 0 Å². The Labute approximate surface area is 127 Å². The van der Waals surface area contributed by atoms with Crippen LogP contribution in [0.4, 0.5) is 0 Å². The maximum atomic E-state index is 12.5. The van der Waals surface area contributed by atoms with Gasteiger partial charge in [-0.25, -0.2) is 4.98 Å². The van der Waals surface area contributed by atoms with E-state index < -0.39 is 0 Å². The van der Waals surface area contributed by atoms with Gasteiger partial charge in [0.25, 0.3) is 5.91 Å². The Bertz CT molecular complexity index is 803. The maximum Gasteiger partial charge on any atom is 0.251 e. The molecule has 3 rings (SSSR count). The third-order valence-electron chi connectivity index (χ3n) is 3.67. The van der Waals surface area contributed by atoms with Gasteiger partial charge in [-0.05, 0) is 24.1 Å². The molecule has 0 spiro atoms. The van der Waals surface area contributed by atoms with Crippen molar-refractivity contribution in [3.05, 3.63) is 42.0 Å². The predicted octanol–water partition coefficient (Wildman–Crippen LogP) is 1.82. The monoisotopic (exact) mass is 298 g/mol. The summed E-state index contributed by atoms with van der Waals surface area (Å²) in [7, 11) is 1.92. The Morgan fingerprint density at radius 1 is 1.27 bits per heavy atom. The number of nitrogens with one attached hydrogen (secondary N) is 2. The SMILES string of the molecule is CC(C)C(NC(=O)c1ccc2n[nH]nc2c1)c1nccn1C. The van der Waals surface area contributed by atoms with Crippen LogP contribution in [-0.2, 0) is 7.05 Å². The van der Waals surface area contributed by atoms with Crippen molar-refractivity contribution in [3.63, 3.8) is 0 Å². The summed E-state index contributed by atoms with van der Waals surface area (Å²) >= 11 is 0. The number of benzene rings is 1. The molecular formula is C15H18N6O. The number of aryl methyl sites for hydroxylation is 1. The number of fused-ring (bicyclic) bond motifs is 1. The van der Waals surface area contributed by atoms with Crippen molar-refractivity contribution >= 4 is 16.9 Å². The minimum Gasteiger partial charge on any atom is -0.342 e. The van der Waals surface area contributed by atoms with Crippen molar-refractivity contribution in [1.82, 2.24) is 30.3 Å². The highest BCUT2D eigenvalue weighted by molar-refractivity contribution is 5.97. The molecule has 1 aromatic carbocycles. The first-order valence-electron chi connectivity index (χ1n) is 7.15.